The van der Waals surface area contributed by atoms with E-state index in [1.54, 1.807) is 18.5 Å². The van der Waals surface area contributed by atoms with E-state index in [0.717, 1.165) is 11.3 Å². The number of carboxylic acids is 1. The highest BCUT2D eigenvalue weighted by Gasteiger charge is 2.11. The Kier molecular flexibility index (Phi) is 3.71. The topological polar surface area (TPSA) is 95.3 Å². The highest BCUT2D eigenvalue weighted by Crippen LogP contribution is 2.28. The predicted molar refractivity (Wildman–Crippen MR) is 83.7 cm³/mol. The molecule has 7 heteroatoms. The first-order valence-electron chi connectivity index (χ1n) is 6.33. The van der Waals surface area contributed by atoms with Gasteiger partial charge in [-0.2, -0.15) is 0 Å². The number of rotatable bonds is 4. The van der Waals surface area contributed by atoms with E-state index < -0.39 is 5.97 Å². The minimum absolute atomic E-state index is 0.157. The van der Waals surface area contributed by atoms with Crippen molar-refractivity contribution in [2.75, 3.05) is 5.32 Å². The number of thiazole rings is 1. The monoisotopic (exact) mass is 313 g/mol. The van der Waals surface area contributed by atoms with Gasteiger partial charge in [-0.15, -0.1) is 11.3 Å². The molecule has 3 rings (SSSR count). The third-order valence-corrected chi connectivity index (χ3v) is 3.72. The molecule has 2 heterocycles. The van der Waals surface area contributed by atoms with Gasteiger partial charge in [-0.1, -0.05) is 0 Å². The quantitative estimate of drug-likeness (QED) is 0.639. The van der Waals surface area contributed by atoms with Crippen LogP contribution in [0.1, 0.15) is 10.4 Å². The smallest absolute Gasteiger partial charge is 0.339 e. The van der Waals surface area contributed by atoms with Crippen molar-refractivity contribution in [2.24, 2.45) is 0 Å². The molecule has 6 nitrogen and oxygen atoms in total. The first kappa shape index (κ1) is 14.0. The Labute approximate surface area is 129 Å². The molecule has 0 saturated carbocycles. The van der Waals surface area contributed by atoms with Gasteiger partial charge in [-0.25, -0.2) is 9.78 Å². The lowest BCUT2D eigenvalue weighted by Crippen LogP contribution is -1.98. The van der Waals surface area contributed by atoms with E-state index in [1.165, 1.54) is 23.5 Å². The van der Waals surface area contributed by atoms with Crippen molar-refractivity contribution >= 4 is 28.1 Å². The van der Waals surface area contributed by atoms with Gasteiger partial charge in [-0.05, 0) is 30.3 Å². The van der Waals surface area contributed by atoms with E-state index in [4.69, 9.17) is 5.11 Å². The second-order valence-corrected chi connectivity index (χ2v) is 5.29. The van der Waals surface area contributed by atoms with Crippen LogP contribution < -0.4 is 5.32 Å². The molecule has 0 radical (unpaired) electrons. The fourth-order valence-electron chi connectivity index (χ4n) is 1.89. The molecule has 0 fully saturated rings. The van der Waals surface area contributed by atoms with Gasteiger partial charge < -0.3 is 15.5 Å². The minimum atomic E-state index is -1.18. The zero-order valence-electron chi connectivity index (χ0n) is 11.2. The van der Waals surface area contributed by atoms with E-state index in [0.29, 0.717) is 10.8 Å². The molecule has 0 bridgehead atoms. The van der Waals surface area contributed by atoms with Gasteiger partial charge in [0.15, 0.2) is 5.13 Å². The number of benzene rings is 1. The number of nitrogens with one attached hydrogen (secondary N) is 1. The summed E-state index contributed by atoms with van der Waals surface area (Å²) in [5.74, 6) is -1.45. The average molecular weight is 313 g/mol. The number of anilines is 2. The molecule has 0 atom stereocenters. The zero-order valence-corrected chi connectivity index (χ0v) is 12.0. The fraction of sp³-hybridized carbons (Fsp3) is 0. The lowest BCUT2D eigenvalue weighted by Gasteiger charge is -2.05. The lowest BCUT2D eigenvalue weighted by molar-refractivity contribution is 0.0694. The summed E-state index contributed by atoms with van der Waals surface area (Å²) in [7, 11) is 0. The van der Waals surface area contributed by atoms with Crippen molar-refractivity contribution in [1.82, 2.24) is 9.97 Å². The second-order valence-electron chi connectivity index (χ2n) is 4.44. The Morgan fingerprint density at radius 3 is 2.68 bits per heavy atom. The Bertz CT molecular complexity index is 818. The van der Waals surface area contributed by atoms with Gasteiger partial charge in [0.25, 0.3) is 0 Å². The van der Waals surface area contributed by atoms with Crippen LogP contribution in [0.5, 0.6) is 5.75 Å². The molecule has 0 aliphatic carbocycles. The van der Waals surface area contributed by atoms with Gasteiger partial charge >= 0.3 is 5.97 Å². The van der Waals surface area contributed by atoms with Crippen LogP contribution in [0.2, 0.25) is 0 Å². The summed E-state index contributed by atoms with van der Waals surface area (Å²) in [6.07, 6.45) is 3.39. The number of carbonyl (C=O) groups is 1. The number of aromatic hydroxyl groups is 1. The molecule has 1 aromatic carbocycles. The van der Waals surface area contributed by atoms with Crippen LogP contribution in [0.25, 0.3) is 11.3 Å². The molecule has 2 aromatic heterocycles. The van der Waals surface area contributed by atoms with Crippen LogP contribution in [0, 0.1) is 0 Å². The minimum Gasteiger partial charge on any atom is -0.507 e. The highest BCUT2D eigenvalue weighted by atomic mass is 32.1. The van der Waals surface area contributed by atoms with Crippen LogP contribution in [-0.4, -0.2) is 26.2 Å². The van der Waals surface area contributed by atoms with Crippen LogP contribution in [0.3, 0.4) is 0 Å². The molecule has 0 aliphatic rings. The molecule has 0 saturated heterocycles. The second kappa shape index (κ2) is 5.82. The number of phenols is 1. The Balaban J connectivity index is 1.84. The molecule has 22 heavy (non-hydrogen) atoms. The van der Waals surface area contributed by atoms with E-state index in [2.05, 4.69) is 15.3 Å². The third-order valence-electron chi connectivity index (χ3n) is 2.96. The van der Waals surface area contributed by atoms with Crippen molar-refractivity contribution in [3.8, 4) is 17.0 Å². The van der Waals surface area contributed by atoms with E-state index in [9.17, 15) is 9.90 Å². The molecular formula is C15H11N3O3S. The average Bonchev–Trinajstić information content (AvgIpc) is 2.98. The van der Waals surface area contributed by atoms with Crippen molar-refractivity contribution in [2.45, 2.75) is 0 Å². The zero-order chi connectivity index (χ0) is 15.5. The number of pyridine rings is 1. The van der Waals surface area contributed by atoms with Crippen LogP contribution in [-0.2, 0) is 0 Å². The first-order valence-corrected chi connectivity index (χ1v) is 7.21. The number of aromatic carboxylic acids is 1. The van der Waals surface area contributed by atoms with Gasteiger partial charge in [0.1, 0.15) is 11.3 Å². The fourth-order valence-corrected chi connectivity index (χ4v) is 2.63. The summed E-state index contributed by atoms with van der Waals surface area (Å²) in [5.41, 5.74) is 2.16. The van der Waals surface area contributed by atoms with Crippen molar-refractivity contribution in [3.63, 3.8) is 0 Å². The molecule has 0 amide bonds. The van der Waals surface area contributed by atoms with Crippen LogP contribution in [0.15, 0.2) is 48.1 Å². The van der Waals surface area contributed by atoms with E-state index >= 15 is 0 Å². The predicted octanol–water partition coefficient (Wildman–Crippen LogP) is 3.35. The number of nitrogens with zero attached hydrogens (tertiary/aromatic N) is 2. The van der Waals surface area contributed by atoms with Gasteiger partial charge in [0, 0.05) is 29.0 Å². The molecule has 3 aromatic rings. The maximum absolute atomic E-state index is 11.0. The molecular weight excluding hydrogens is 302 g/mol. The number of carboxylic acid groups (broad SMARTS) is 1. The van der Waals surface area contributed by atoms with E-state index in [-0.39, 0.29) is 11.3 Å². The van der Waals surface area contributed by atoms with Crippen molar-refractivity contribution in [1.29, 1.82) is 0 Å². The summed E-state index contributed by atoms with van der Waals surface area (Å²) in [4.78, 5) is 19.4. The third kappa shape index (κ3) is 2.89. The number of hydrogen-bond donors (Lipinski definition) is 3. The molecule has 3 N–H and O–H groups in total. The normalized spacial score (nSPS) is 10.4. The first-order chi connectivity index (χ1) is 10.6. The highest BCUT2D eigenvalue weighted by molar-refractivity contribution is 7.14. The van der Waals surface area contributed by atoms with Gasteiger partial charge in [-0.3, -0.25) is 4.98 Å². The van der Waals surface area contributed by atoms with Gasteiger partial charge in [0.2, 0.25) is 0 Å². The Hall–Kier alpha value is -2.93. The Morgan fingerprint density at radius 1 is 1.18 bits per heavy atom. The van der Waals surface area contributed by atoms with Crippen molar-refractivity contribution < 1.29 is 15.0 Å². The largest absolute Gasteiger partial charge is 0.507 e. The summed E-state index contributed by atoms with van der Waals surface area (Å²) in [6, 6.07) is 8.02. The van der Waals surface area contributed by atoms with E-state index in [1.807, 2.05) is 17.5 Å². The maximum atomic E-state index is 11.0. The standard InChI is InChI=1S/C15H11N3O3S/c19-13-2-1-10(7-11(13)14(20)21)17-15-18-12(8-22-15)9-3-5-16-6-4-9/h1-8,19H,(H,17,18)(H,20,21). The number of aromatic nitrogens is 2. The SMILES string of the molecule is O=C(O)c1cc(Nc2nc(-c3ccncc3)cs2)ccc1O. The maximum Gasteiger partial charge on any atom is 0.339 e. The molecule has 0 unspecified atom stereocenters. The molecule has 110 valence electrons. The summed E-state index contributed by atoms with van der Waals surface area (Å²) < 4.78 is 0. The molecule has 0 spiro atoms. The Morgan fingerprint density at radius 2 is 1.95 bits per heavy atom. The summed E-state index contributed by atoms with van der Waals surface area (Å²) >= 11 is 1.41. The summed E-state index contributed by atoms with van der Waals surface area (Å²) in [6.45, 7) is 0. The van der Waals surface area contributed by atoms with Crippen LogP contribution in [0.4, 0.5) is 10.8 Å². The molecule has 0 aliphatic heterocycles. The summed E-state index contributed by atoms with van der Waals surface area (Å²) in [5, 5.41) is 24.1. The lowest BCUT2D eigenvalue weighted by atomic mass is 10.2. The van der Waals surface area contributed by atoms with Crippen molar-refractivity contribution in [3.05, 3.63) is 53.7 Å². The number of hydrogen-bond acceptors (Lipinski definition) is 6. The van der Waals surface area contributed by atoms with Gasteiger partial charge in [0.05, 0.1) is 5.69 Å². The van der Waals surface area contributed by atoms with Crippen LogP contribution >= 0.6 is 11.3 Å².